The minimum atomic E-state index is 0.248. The van der Waals surface area contributed by atoms with Crippen molar-refractivity contribution in [2.45, 2.75) is 6.42 Å². The lowest BCUT2D eigenvalue weighted by atomic mass is 10.2. The van der Waals surface area contributed by atoms with Crippen LogP contribution < -0.4 is 14.8 Å². The summed E-state index contributed by atoms with van der Waals surface area (Å²) in [5.41, 5.74) is 4.63. The third kappa shape index (κ3) is 3.55. The molecule has 2 aromatic carbocycles. The number of benzene rings is 2. The van der Waals surface area contributed by atoms with Gasteiger partial charge in [0.1, 0.15) is 5.69 Å². The highest BCUT2D eigenvalue weighted by Crippen LogP contribution is 2.38. The number of hydrogen-bond acceptors (Lipinski definition) is 7. The van der Waals surface area contributed by atoms with E-state index in [0.29, 0.717) is 0 Å². The maximum atomic E-state index is 5.51. The van der Waals surface area contributed by atoms with Crippen LogP contribution in [-0.4, -0.2) is 71.3 Å². The number of nitrogens with zero attached hydrogens (tertiary/aromatic N) is 3. The number of ether oxygens (including phenoxy) is 3. The van der Waals surface area contributed by atoms with Gasteiger partial charge in [-0.2, -0.15) is 5.10 Å². The second-order valence-corrected chi connectivity index (χ2v) is 7.87. The molecule has 0 saturated carbocycles. The van der Waals surface area contributed by atoms with Crippen LogP contribution in [0.15, 0.2) is 30.3 Å². The molecule has 6 rings (SSSR count). The van der Waals surface area contributed by atoms with Crippen molar-refractivity contribution in [1.29, 1.82) is 0 Å². The van der Waals surface area contributed by atoms with E-state index in [1.807, 2.05) is 18.2 Å². The van der Waals surface area contributed by atoms with E-state index in [1.165, 1.54) is 0 Å². The summed E-state index contributed by atoms with van der Waals surface area (Å²) in [5.74, 6) is 2.19. The number of aromatic nitrogens is 4. The van der Waals surface area contributed by atoms with Crippen molar-refractivity contribution in [3.8, 4) is 23.0 Å². The van der Waals surface area contributed by atoms with Gasteiger partial charge in [0.15, 0.2) is 17.3 Å². The van der Waals surface area contributed by atoms with E-state index in [-0.39, 0.29) is 6.79 Å². The van der Waals surface area contributed by atoms with Gasteiger partial charge in [-0.15, -0.1) is 0 Å². The topological polar surface area (TPSA) is 100 Å². The van der Waals surface area contributed by atoms with Crippen molar-refractivity contribution in [2.75, 3.05) is 51.5 Å². The third-order valence-corrected chi connectivity index (χ3v) is 5.85. The van der Waals surface area contributed by atoms with Crippen LogP contribution in [0.2, 0.25) is 0 Å². The molecule has 160 valence electrons. The van der Waals surface area contributed by atoms with Gasteiger partial charge in [-0.25, -0.2) is 4.98 Å². The zero-order valence-electron chi connectivity index (χ0n) is 17.1. The van der Waals surface area contributed by atoms with E-state index >= 15 is 0 Å². The summed E-state index contributed by atoms with van der Waals surface area (Å²) < 4.78 is 16.4. The molecule has 0 bridgehead atoms. The van der Waals surface area contributed by atoms with E-state index in [1.54, 1.807) is 0 Å². The molecule has 9 nitrogen and oxygen atoms in total. The Morgan fingerprint density at radius 1 is 1.03 bits per heavy atom. The van der Waals surface area contributed by atoms with Gasteiger partial charge >= 0.3 is 0 Å². The molecule has 0 amide bonds. The Balaban J connectivity index is 1.18. The Morgan fingerprint density at radius 3 is 2.81 bits per heavy atom. The maximum Gasteiger partial charge on any atom is 0.231 e. The average molecular weight is 420 g/mol. The van der Waals surface area contributed by atoms with E-state index in [2.05, 4.69) is 37.5 Å². The van der Waals surface area contributed by atoms with E-state index in [9.17, 15) is 0 Å². The molecule has 0 radical (unpaired) electrons. The van der Waals surface area contributed by atoms with Crippen molar-refractivity contribution < 1.29 is 14.2 Å². The largest absolute Gasteiger partial charge is 0.454 e. The molecule has 4 heterocycles. The number of hydrogen-bond donors (Lipinski definition) is 3. The smallest absolute Gasteiger partial charge is 0.231 e. The first-order chi connectivity index (χ1) is 15.3. The highest BCUT2D eigenvalue weighted by Gasteiger charge is 2.19. The highest BCUT2D eigenvalue weighted by molar-refractivity contribution is 5.95. The highest BCUT2D eigenvalue weighted by atomic mass is 16.7. The van der Waals surface area contributed by atoms with Gasteiger partial charge in [-0.1, -0.05) is 0 Å². The Kier molecular flexibility index (Phi) is 4.62. The first kappa shape index (κ1) is 18.5. The summed E-state index contributed by atoms with van der Waals surface area (Å²) in [4.78, 5) is 10.6. The van der Waals surface area contributed by atoms with Crippen molar-refractivity contribution in [2.24, 2.45) is 0 Å². The number of imidazole rings is 1. The zero-order chi connectivity index (χ0) is 20.6. The molecular weight excluding hydrogens is 396 g/mol. The molecule has 0 atom stereocenters. The fraction of sp³-hybridized carbons (Fsp3) is 0.364. The fourth-order valence-electron chi connectivity index (χ4n) is 4.18. The molecule has 1 saturated heterocycles. The minimum Gasteiger partial charge on any atom is -0.454 e. The van der Waals surface area contributed by atoms with Crippen LogP contribution in [0.1, 0.15) is 6.42 Å². The minimum absolute atomic E-state index is 0.248. The van der Waals surface area contributed by atoms with Gasteiger partial charge in [0, 0.05) is 36.8 Å². The number of anilines is 1. The van der Waals surface area contributed by atoms with Gasteiger partial charge in [-0.3, -0.25) is 10.00 Å². The summed E-state index contributed by atoms with van der Waals surface area (Å²) >= 11 is 0. The van der Waals surface area contributed by atoms with Crippen LogP contribution in [-0.2, 0) is 4.74 Å². The number of nitrogens with one attached hydrogen (secondary N) is 3. The van der Waals surface area contributed by atoms with Crippen molar-refractivity contribution in [3.63, 3.8) is 0 Å². The number of H-pyrrole nitrogens is 2. The van der Waals surface area contributed by atoms with E-state index < -0.39 is 0 Å². The molecule has 0 spiro atoms. The van der Waals surface area contributed by atoms with Crippen LogP contribution in [0.4, 0.5) is 5.69 Å². The van der Waals surface area contributed by atoms with Crippen LogP contribution in [0.5, 0.6) is 11.5 Å². The molecular formula is C22H24N6O3. The Bertz CT molecular complexity index is 1230. The zero-order valence-corrected chi connectivity index (χ0v) is 17.1. The third-order valence-electron chi connectivity index (χ3n) is 5.85. The monoisotopic (exact) mass is 420 g/mol. The number of morpholine rings is 1. The summed E-state index contributed by atoms with van der Waals surface area (Å²) in [6.07, 6.45) is 1.10. The van der Waals surface area contributed by atoms with Gasteiger partial charge in [0.25, 0.3) is 0 Å². The number of aromatic amines is 2. The number of rotatable bonds is 6. The van der Waals surface area contributed by atoms with Crippen LogP contribution in [0.25, 0.3) is 33.5 Å². The van der Waals surface area contributed by atoms with Crippen molar-refractivity contribution >= 4 is 27.6 Å². The summed E-state index contributed by atoms with van der Waals surface area (Å²) in [7, 11) is 0. The molecule has 2 aromatic heterocycles. The predicted octanol–water partition coefficient (Wildman–Crippen LogP) is 2.97. The number of fused-ring (bicyclic) bond motifs is 3. The Hall–Kier alpha value is -3.30. The van der Waals surface area contributed by atoms with Crippen LogP contribution >= 0.6 is 0 Å². The molecule has 2 aliphatic heterocycles. The van der Waals surface area contributed by atoms with Gasteiger partial charge in [-0.05, 0) is 37.2 Å². The standard InChI is InChI=1S/C22H24N6O3/c1(5-28-6-8-29-9-7-28)4-23-14-2-3-16-18(10-14)25-22(24-16)21-15-11-19-20(31-13-30-19)12-17(15)26-27-21/h2-3,10-12,23H,1,4-9,13H2,(H,24,25)(H,26,27). The summed E-state index contributed by atoms with van der Waals surface area (Å²) in [5, 5.41) is 12.0. The van der Waals surface area contributed by atoms with Crippen LogP contribution in [0.3, 0.4) is 0 Å². The van der Waals surface area contributed by atoms with Crippen molar-refractivity contribution in [1.82, 2.24) is 25.1 Å². The molecule has 4 aromatic rings. The normalized spacial score (nSPS) is 16.4. The predicted molar refractivity (Wildman–Crippen MR) is 118 cm³/mol. The second-order valence-electron chi connectivity index (χ2n) is 7.87. The lowest BCUT2D eigenvalue weighted by Gasteiger charge is -2.26. The van der Waals surface area contributed by atoms with Crippen LogP contribution in [0, 0.1) is 0 Å². The van der Waals surface area contributed by atoms with Gasteiger partial charge < -0.3 is 24.5 Å². The summed E-state index contributed by atoms with van der Waals surface area (Å²) in [6.45, 7) is 6.04. The fourth-order valence-corrected chi connectivity index (χ4v) is 4.18. The van der Waals surface area contributed by atoms with Gasteiger partial charge in [0.2, 0.25) is 6.79 Å². The first-order valence-corrected chi connectivity index (χ1v) is 10.7. The molecule has 31 heavy (non-hydrogen) atoms. The molecule has 0 unspecified atom stereocenters. The Morgan fingerprint density at radius 2 is 1.90 bits per heavy atom. The van der Waals surface area contributed by atoms with Gasteiger partial charge in [0.05, 0.1) is 29.8 Å². The van der Waals surface area contributed by atoms with E-state index in [4.69, 9.17) is 19.2 Å². The lowest BCUT2D eigenvalue weighted by Crippen LogP contribution is -2.37. The maximum absolute atomic E-state index is 5.51. The van der Waals surface area contributed by atoms with E-state index in [0.717, 1.165) is 96.5 Å². The quantitative estimate of drug-likeness (QED) is 0.412. The molecule has 1 fully saturated rings. The van der Waals surface area contributed by atoms with Crippen molar-refractivity contribution in [3.05, 3.63) is 30.3 Å². The lowest BCUT2D eigenvalue weighted by molar-refractivity contribution is 0.0378. The summed E-state index contributed by atoms with van der Waals surface area (Å²) in [6, 6.07) is 10.1. The molecule has 9 heteroatoms. The average Bonchev–Trinajstić information content (AvgIpc) is 3.52. The molecule has 2 aliphatic rings. The SMILES string of the molecule is c1cc2nc(-c3n[nH]c4cc5c(cc34)OCO5)[nH]c2cc1NCCCN1CCOCC1. The first-order valence-electron chi connectivity index (χ1n) is 10.7. The molecule has 3 N–H and O–H groups in total. The molecule has 0 aliphatic carbocycles. The second kappa shape index (κ2) is 7.75. The Labute approximate surface area is 178 Å².